The molecule has 0 bridgehead atoms. The second-order valence-electron chi connectivity index (χ2n) is 4.14. The zero-order valence-corrected chi connectivity index (χ0v) is 13.6. The lowest BCUT2D eigenvalue weighted by Gasteiger charge is -1.99. The van der Waals surface area contributed by atoms with Crippen LogP contribution in [0.25, 0.3) is 10.4 Å². The predicted molar refractivity (Wildman–Crippen MR) is 88.5 cm³/mol. The minimum atomic E-state index is -0.189. The second kappa shape index (κ2) is 6.93. The summed E-state index contributed by atoms with van der Waals surface area (Å²) in [5, 5.41) is 7.12. The highest BCUT2D eigenvalue weighted by molar-refractivity contribution is 7.98. The molecule has 0 aliphatic heterocycles. The molecule has 3 rings (SSSR count). The molecule has 0 unspecified atom stereocenters. The third-order valence-corrected chi connectivity index (χ3v) is 4.61. The van der Waals surface area contributed by atoms with Gasteiger partial charge in [0.15, 0.2) is 0 Å². The Morgan fingerprint density at radius 1 is 1.33 bits per heavy atom. The van der Waals surface area contributed by atoms with Gasteiger partial charge in [0.1, 0.15) is 6.33 Å². The van der Waals surface area contributed by atoms with Crippen LogP contribution >= 0.6 is 35.5 Å². The van der Waals surface area contributed by atoms with Crippen molar-refractivity contribution in [1.29, 1.82) is 0 Å². The molecule has 3 aromatic rings. The van der Waals surface area contributed by atoms with Gasteiger partial charge in [-0.15, -0.1) is 35.5 Å². The summed E-state index contributed by atoms with van der Waals surface area (Å²) in [6, 6.07) is 8.17. The van der Waals surface area contributed by atoms with Crippen LogP contribution in [0.4, 0.5) is 0 Å². The van der Waals surface area contributed by atoms with E-state index in [0.29, 0.717) is 6.54 Å². The standard InChI is InChI=1S/C13H12N4OS2.ClH/c1-19-12-5-2-9(6-14-12)11-4-3-10(20-11)7-17-8-15-16-13(17)18;/h2-6,8H,7H2,1H3,(H,16,18);1H. The zero-order chi connectivity index (χ0) is 13.9. The van der Waals surface area contributed by atoms with Crippen molar-refractivity contribution in [2.24, 2.45) is 0 Å². The van der Waals surface area contributed by atoms with Crippen LogP contribution in [0.3, 0.4) is 0 Å². The van der Waals surface area contributed by atoms with E-state index in [1.807, 2.05) is 24.6 Å². The molecule has 0 fully saturated rings. The molecule has 0 spiro atoms. The quantitative estimate of drug-likeness (QED) is 0.742. The van der Waals surface area contributed by atoms with E-state index in [1.54, 1.807) is 27.7 Å². The fourth-order valence-corrected chi connectivity index (χ4v) is 3.17. The lowest BCUT2D eigenvalue weighted by Crippen LogP contribution is -2.16. The number of hydrogen-bond acceptors (Lipinski definition) is 5. The van der Waals surface area contributed by atoms with E-state index in [0.717, 1.165) is 20.3 Å². The van der Waals surface area contributed by atoms with Crippen molar-refractivity contribution in [2.45, 2.75) is 11.6 Å². The van der Waals surface area contributed by atoms with Gasteiger partial charge in [-0.3, -0.25) is 4.57 Å². The molecule has 0 radical (unpaired) electrons. The average Bonchev–Trinajstić information content (AvgIpc) is 3.10. The Hall–Kier alpha value is -1.57. The van der Waals surface area contributed by atoms with Crippen LogP contribution in [0, 0.1) is 0 Å². The number of nitrogens with zero attached hydrogens (tertiary/aromatic N) is 3. The average molecular weight is 341 g/mol. The maximum absolute atomic E-state index is 11.4. The number of thiophene rings is 1. The molecule has 0 atom stereocenters. The summed E-state index contributed by atoms with van der Waals surface area (Å²) in [7, 11) is 0. The first-order valence-corrected chi connectivity index (χ1v) is 7.99. The van der Waals surface area contributed by atoms with Crippen molar-refractivity contribution in [3.63, 3.8) is 0 Å². The minimum absolute atomic E-state index is 0. The summed E-state index contributed by atoms with van der Waals surface area (Å²) < 4.78 is 1.55. The van der Waals surface area contributed by atoms with Gasteiger partial charge in [0.2, 0.25) is 0 Å². The van der Waals surface area contributed by atoms with Crippen molar-refractivity contribution in [2.75, 3.05) is 6.26 Å². The third-order valence-electron chi connectivity index (χ3n) is 2.84. The van der Waals surface area contributed by atoms with Crippen LogP contribution in [0.2, 0.25) is 0 Å². The maximum Gasteiger partial charge on any atom is 0.343 e. The molecule has 0 aliphatic rings. The van der Waals surface area contributed by atoms with E-state index in [-0.39, 0.29) is 18.1 Å². The lowest BCUT2D eigenvalue weighted by molar-refractivity contribution is 0.772. The zero-order valence-electron chi connectivity index (χ0n) is 11.1. The highest BCUT2D eigenvalue weighted by Gasteiger charge is 2.05. The van der Waals surface area contributed by atoms with Gasteiger partial charge in [0.05, 0.1) is 11.6 Å². The summed E-state index contributed by atoms with van der Waals surface area (Å²) in [6.07, 6.45) is 5.40. The summed E-state index contributed by atoms with van der Waals surface area (Å²) in [5.41, 5.74) is 0.907. The maximum atomic E-state index is 11.4. The molecule has 5 nitrogen and oxygen atoms in total. The Kier molecular flexibility index (Phi) is 5.22. The number of nitrogens with one attached hydrogen (secondary N) is 1. The number of halogens is 1. The Labute approximate surface area is 135 Å². The molecule has 1 N–H and O–H groups in total. The van der Waals surface area contributed by atoms with E-state index >= 15 is 0 Å². The Morgan fingerprint density at radius 2 is 2.19 bits per heavy atom. The van der Waals surface area contributed by atoms with Crippen LogP contribution in [0.5, 0.6) is 0 Å². The normalized spacial score (nSPS) is 10.3. The summed E-state index contributed by atoms with van der Waals surface area (Å²) in [4.78, 5) is 18.0. The summed E-state index contributed by atoms with van der Waals surface area (Å²) >= 11 is 3.28. The molecular formula is C13H13ClN4OS2. The molecule has 8 heteroatoms. The van der Waals surface area contributed by atoms with Gasteiger partial charge in [0, 0.05) is 21.5 Å². The molecule has 0 saturated carbocycles. The number of H-pyrrole nitrogens is 1. The summed E-state index contributed by atoms with van der Waals surface area (Å²) in [6.45, 7) is 0.538. The van der Waals surface area contributed by atoms with Crippen LogP contribution < -0.4 is 5.69 Å². The van der Waals surface area contributed by atoms with Crippen molar-refractivity contribution in [1.82, 2.24) is 19.7 Å². The van der Waals surface area contributed by atoms with Crippen molar-refractivity contribution >= 4 is 35.5 Å². The van der Waals surface area contributed by atoms with Gasteiger partial charge < -0.3 is 0 Å². The number of aromatic nitrogens is 4. The number of hydrogen-bond donors (Lipinski definition) is 1. The molecule has 110 valence electrons. The van der Waals surface area contributed by atoms with Gasteiger partial charge in [-0.1, -0.05) is 0 Å². The Morgan fingerprint density at radius 3 is 2.81 bits per heavy atom. The fraction of sp³-hybridized carbons (Fsp3) is 0.154. The fourth-order valence-electron chi connectivity index (χ4n) is 1.82. The third kappa shape index (κ3) is 3.55. The van der Waals surface area contributed by atoms with E-state index in [9.17, 15) is 4.79 Å². The Balaban J connectivity index is 0.00000161. The molecule has 3 aromatic heterocycles. The molecule has 0 amide bonds. The second-order valence-corrected chi connectivity index (χ2v) is 6.14. The first kappa shape index (κ1) is 15.8. The van der Waals surface area contributed by atoms with Crippen LogP contribution in [0.15, 0.2) is 46.6 Å². The van der Waals surface area contributed by atoms with E-state index in [1.165, 1.54) is 6.33 Å². The van der Waals surface area contributed by atoms with Gasteiger partial charge in [0.25, 0.3) is 0 Å². The largest absolute Gasteiger partial charge is 0.343 e. The van der Waals surface area contributed by atoms with E-state index in [4.69, 9.17) is 0 Å². The first-order chi connectivity index (χ1) is 9.76. The number of pyridine rings is 1. The monoisotopic (exact) mass is 340 g/mol. The first-order valence-electron chi connectivity index (χ1n) is 5.95. The highest BCUT2D eigenvalue weighted by atomic mass is 35.5. The topological polar surface area (TPSA) is 63.6 Å². The number of rotatable bonds is 4. The van der Waals surface area contributed by atoms with Gasteiger partial charge in [-0.05, 0) is 30.5 Å². The molecule has 0 saturated heterocycles. The van der Waals surface area contributed by atoms with Crippen molar-refractivity contribution < 1.29 is 0 Å². The minimum Gasteiger partial charge on any atom is -0.276 e. The SMILES string of the molecule is CSc1ccc(-c2ccc(Cn3cn[nH]c3=O)s2)cn1.Cl. The Bertz CT molecular complexity index is 763. The van der Waals surface area contributed by atoms with Gasteiger partial charge in [-0.2, -0.15) is 5.10 Å². The van der Waals surface area contributed by atoms with Crippen LogP contribution in [-0.2, 0) is 6.54 Å². The smallest absolute Gasteiger partial charge is 0.276 e. The molecule has 0 aromatic carbocycles. The molecule has 21 heavy (non-hydrogen) atoms. The molecule has 0 aliphatic carbocycles. The van der Waals surface area contributed by atoms with Crippen molar-refractivity contribution in [3.05, 3.63) is 52.2 Å². The summed E-state index contributed by atoms with van der Waals surface area (Å²) in [5.74, 6) is 0. The van der Waals surface area contributed by atoms with E-state index in [2.05, 4.69) is 27.3 Å². The van der Waals surface area contributed by atoms with Crippen LogP contribution in [-0.4, -0.2) is 26.0 Å². The predicted octanol–water partition coefficient (Wildman–Crippen LogP) is 2.89. The molecular weight excluding hydrogens is 328 g/mol. The van der Waals surface area contributed by atoms with E-state index < -0.39 is 0 Å². The highest BCUT2D eigenvalue weighted by Crippen LogP contribution is 2.28. The van der Waals surface area contributed by atoms with Gasteiger partial charge in [-0.25, -0.2) is 14.9 Å². The lowest BCUT2D eigenvalue weighted by atomic mass is 10.2. The molecule has 3 heterocycles. The van der Waals surface area contributed by atoms with Crippen molar-refractivity contribution in [3.8, 4) is 10.4 Å². The number of aromatic amines is 1. The number of thioether (sulfide) groups is 1. The van der Waals surface area contributed by atoms with Gasteiger partial charge >= 0.3 is 5.69 Å². The van der Waals surface area contributed by atoms with Crippen LogP contribution in [0.1, 0.15) is 4.88 Å².